The normalized spacial score (nSPS) is 10.4. The Morgan fingerprint density at radius 2 is 2.19 bits per heavy atom. The zero-order chi connectivity index (χ0) is 15.2. The van der Waals surface area contributed by atoms with Gasteiger partial charge in [0.2, 0.25) is 0 Å². The predicted octanol–water partition coefficient (Wildman–Crippen LogP) is 2.90. The van der Waals surface area contributed by atoms with Gasteiger partial charge in [-0.25, -0.2) is 9.97 Å². The van der Waals surface area contributed by atoms with Gasteiger partial charge in [0.05, 0.1) is 15.7 Å². The molecule has 21 heavy (non-hydrogen) atoms. The molecule has 0 bridgehead atoms. The third kappa shape index (κ3) is 4.41. The Bertz CT molecular complexity index is 629. The van der Waals surface area contributed by atoms with Crippen LogP contribution in [0.3, 0.4) is 0 Å². The summed E-state index contributed by atoms with van der Waals surface area (Å²) in [5.74, 6) is 0.369. The van der Waals surface area contributed by atoms with Crippen molar-refractivity contribution >= 4 is 34.7 Å². The molecule has 5 nitrogen and oxygen atoms in total. The van der Waals surface area contributed by atoms with Crippen molar-refractivity contribution in [2.75, 3.05) is 18.4 Å². The van der Waals surface area contributed by atoms with Crippen LogP contribution in [0, 0.1) is 6.92 Å². The summed E-state index contributed by atoms with van der Waals surface area (Å²) in [5, 5.41) is 9.25. The molecule has 0 atom stereocenters. The highest BCUT2D eigenvalue weighted by Gasteiger charge is 2.13. The van der Waals surface area contributed by atoms with Gasteiger partial charge in [0.25, 0.3) is 5.91 Å². The van der Waals surface area contributed by atoms with Crippen molar-refractivity contribution in [1.29, 1.82) is 0 Å². The summed E-state index contributed by atoms with van der Waals surface area (Å²) < 4.78 is 0. The lowest BCUT2D eigenvalue weighted by Crippen LogP contribution is -2.27. The molecule has 2 aromatic heterocycles. The van der Waals surface area contributed by atoms with E-state index in [1.165, 1.54) is 0 Å². The standard InChI is InChI=1S/C14H17ClN4OS/c1-3-16-12-5-4-11(15)13(19-12)14(20)17-7-6-10-8-21-9(2)18-10/h4-5,8H,3,6-7H2,1-2H3,(H,16,19)(H,17,20). The number of nitrogens with one attached hydrogen (secondary N) is 2. The van der Waals surface area contributed by atoms with E-state index < -0.39 is 0 Å². The number of halogens is 1. The van der Waals surface area contributed by atoms with Crippen LogP contribution in [0.15, 0.2) is 17.5 Å². The van der Waals surface area contributed by atoms with Crippen LogP contribution in [0.5, 0.6) is 0 Å². The highest BCUT2D eigenvalue weighted by Crippen LogP contribution is 2.16. The van der Waals surface area contributed by atoms with Crippen LogP contribution in [0.25, 0.3) is 0 Å². The number of hydrogen-bond donors (Lipinski definition) is 2. The second kappa shape index (κ2) is 7.38. The Labute approximate surface area is 132 Å². The minimum absolute atomic E-state index is 0.240. The number of amides is 1. The first-order valence-electron chi connectivity index (χ1n) is 6.69. The molecule has 0 saturated carbocycles. The molecule has 0 aliphatic rings. The first-order chi connectivity index (χ1) is 10.1. The molecule has 0 aromatic carbocycles. The zero-order valence-electron chi connectivity index (χ0n) is 11.9. The number of hydrogen-bond acceptors (Lipinski definition) is 5. The number of thiazole rings is 1. The van der Waals surface area contributed by atoms with Crippen LogP contribution in [0.1, 0.15) is 28.1 Å². The minimum Gasteiger partial charge on any atom is -0.370 e. The molecule has 7 heteroatoms. The van der Waals surface area contributed by atoms with E-state index in [-0.39, 0.29) is 11.6 Å². The average molecular weight is 325 g/mol. The highest BCUT2D eigenvalue weighted by atomic mass is 35.5. The maximum absolute atomic E-state index is 12.1. The summed E-state index contributed by atoms with van der Waals surface area (Å²) in [7, 11) is 0. The molecule has 0 fully saturated rings. The Hall–Kier alpha value is -1.66. The lowest BCUT2D eigenvalue weighted by atomic mass is 10.3. The number of aromatic nitrogens is 2. The molecule has 0 unspecified atom stereocenters. The van der Waals surface area contributed by atoms with Crippen molar-refractivity contribution in [2.45, 2.75) is 20.3 Å². The van der Waals surface area contributed by atoms with E-state index in [0.29, 0.717) is 23.8 Å². The largest absolute Gasteiger partial charge is 0.370 e. The monoisotopic (exact) mass is 324 g/mol. The van der Waals surface area contributed by atoms with Gasteiger partial charge >= 0.3 is 0 Å². The van der Waals surface area contributed by atoms with E-state index in [9.17, 15) is 4.79 Å². The molecular weight excluding hydrogens is 308 g/mol. The number of pyridine rings is 1. The summed E-state index contributed by atoms with van der Waals surface area (Å²) in [6, 6.07) is 3.42. The Balaban J connectivity index is 1.94. The summed E-state index contributed by atoms with van der Waals surface area (Å²) in [6.07, 6.45) is 0.695. The van der Waals surface area contributed by atoms with E-state index in [0.717, 1.165) is 17.2 Å². The summed E-state index contributed by atoms with van der Waals surface area (Å²) in [5.41, 5.74) is 1.22. The molecule has 2 N–H and O–H groups in total. The second-order valence-corrected chi connectivity index (χ2v) is 5.89. The van der Waals surface area contributed by atoms with Crippen molar-refractivity contribution in [3.8, 4) is 0 Å². The fourth-order valence-electron chi connectivity index (χ4n) is 1.79. The highest BCUT2D eigenvalue weighted by molar-refractivity contribution is 7.09. The summed E-state index contributed by atoms with van der Waals surface area (Å²) in [6.45, 7) is 5.17. The third-order valence-electron chi connectivity index (χ3n) is 2.75. The molecule has 0 aliphatic heterocycles. The van der Waals surface area contributed by atoms with Crippen LogP contribution in [0.2, 0.25) is 5.02 Å². The topological polar surface area (TPSA) is 66.9 Å². The molecular formula is C14H17ClN4OS. The van der Waals surface area contributed by atoms with Gasteiger partial charge in [0.15, 0.2) is 0 Å². The van der Waals surface area contributed by atoms with Crippen LogP contribution >= 0.6 is 22.9 Å². The number of aryl methyl sites for hydroxylation is 1. The molecule has 112 valence electrons. The lowest BCUT2D eigenvalue weighted by Gasteiger charge is -2.08. The first kappa shape index (κ1) is 15.7. The third-order valence-corrected chi connectivity index (χ3v) is 3.88. The molecule has 0 saturated heterocycles. The van der Waals surface area contributed by atoms with E-state index >= 15 is 0 Å². The second-order valence-electron chi connectivity index (χ2n) is 4.42. The van der Waals surface area contributed by atoms with Crippen LogP contribution in [0.4, 0.5) is 5.82 Å². The van der Waals surface area contributed by atoms with E-state index in [4.69, 9.17) is 11.6 Å². The zero-order valence-corrected chi connectivity index (χ0v) is 13.5. The van der Waals surface area contributed by atoms with Gasteiger partial charge in [0, 0.05) is 24.9 Å². The number of nitrogens with zero attached hydrogens (tertiary/aromatic N) is 2. The SMILES string of the molecule is CCNc1ccc(Cl)c(C(=O)NCCc2csc(C)n2)n1. The van der Waals surface area contributed by atoms with Gasteiger partial charge in [-0.2, -0.15) is 0 Å². The minimum atomic E-state index is -0.272. The van der Waals surface area contributed by atoms with Crippen molar-refractivity contribution < 1.29 is 4.79 Å². The van der Waals surface area contributed by atoms with Crippen LogP contribution in [-0.2, 0) is 6.42 Å². The molecule has 1 amide bonds. The maximum atomic E-state index is 12.1. The smallest absolute Gasteiger partial charge is 0.271 e. The van der Waals surface area contributed by atoms with Crippen molar-refractivity contribution in [3.63, 3.8) is 0 Å². The summed E-state index contributed by atoms with van der Waals surface area (Å²) >= 11 is 7.63. The van der Waals surface area contributed by atoms with Crippen molar-refractivity contribution in [1.82, 2.24) is 15.3 Å². The molecule has 2 aromatic rings. The van der Waals surface area contributed by atoms with Gasteiger partial charge in [0.1, 0.15) is 11.5 Å². The molecule has 0 radical (unpaired) electrons. The van der Waals surface area contributed by atoms with Gasteiger partial charge in [-0.3, -0.25) is 4.79 Å². The summed E-state index contributed by atoms with van der Waals surface area (Å²) in [4.78, 5) is 20.7. The van der Waals surface area contributed by atoms with Crippen LogP contribution < -0.4 is 10.6 Å². The number of carbonyl (C=O) groups excluding carboxylic acids is 1. The average Bonchev–Trinajstić information content (AvgIpc) is 2.87. The van der Waals surface area contributed by atoms with Crippen molar-refractivity contribution in [2.24, 2.45) is 0 Å². The Morgan fingerprint density at radius 1 is 1.38 bits per heavy atom. The van der Waals surface area contributed by atoms with Gasteiger partial charge < -0.3 is 10.6 Å². The molecule has 2 rings (SSSR count). The number of rotatable bonds is 6. The fourth-order valence-corrected chi connectivity index (χ4v) is 2.63. The fraction of sp³-hybridized carbons (Fsp3) is 0.357. The quantitative estimate of drug-likeness (QED) is 0.857. The number of anilines is 1. The van der Waals surface area contributed by atoms with Gasteiger partial charge in [-0.15, -0.1) is 11.3 Å². The van der Waals surface area contributed by atoms with Gasteiger partial charge in [-0.05, 0) is 26.0 Å². The predicted molar refractivity (Wildman–Crippen MR) is 86.3 cm³/mol. The Kier molecular flexibility index (Phi) is 5.52. The van der Waals surface area contributed by atoms with E-state index in [1.807, 2.05) is 19.2 Å². The van der Waals surface area contributed by atoms with E-state index in [2.05, 4.69) is 20.6 Å². The van der Waals surface area contributed by atoms with Crippen LogP contribution in [-0.4, -0.2) is 29.0 Å². The lowest BCUT2D eigenvalue weighted by molar-refractivity contribution is 0.0949. The molecule has 0 spiro atoms. The Morgan fingerprint density at radius 3 is 2.86 bits per heavy atom. The van der Waals surface area contributed by atoms with Gasteiger partial charge in [-0.1, -0.05) is 11.6 Å². The van der Waals surface area contributed by atoms with Crippen molar-refractivity contribution in [3.05, 3.63) is 38.9 Å². The molecule has 2 heterocycles. The first-order valence-corrected chi connectivity index (χ1v) is 7.95. The maximum Gasteiger partial charge on any atom is 0.271 e. The molecule has 0 aliphatic carbocycles. The van der Waals surface area contributed by atoms with E-state index in [1.54, 1.807) is 23.5 Å². The number of carbonyl (C=O) groups is 1.